The van der Waals surface area contributed by atoms with Crippen molar-refractivity contribution in [3.63, 3.8) is 0 Å². The zero-order valence-corrected chi connectivity index (χ0v) is 15.0. The van der Waals surface area contributed by atoms with Crippen molar-refractivity contribution in [1.29, 1.82) is 0 Å². The quantitative estimate of drug-likeness (QED) is 0.884. The second-order valence-electron chi connectivity index (χ2n) is 6.41. The summed E-state index contributed by atoms with van der Waals surface area (Å²) < 4.78 is 5.50. The molecule has 0 bridgehead atoms. The Bertz CT molecular complexity index is 635. The highest BCUT2D eigenvalue weighted by atomic mass is 32.2. The second kappa shape index (κ2) is 7.47. The zero-order valence-electron chi connectivity index (χ0n) is 14.2. The maximum atomic E-state index is 12.7. The van der Waals surface area contributed by atoms with Crippen molar-refractivity contribution in [3.05, 3.63) is 29.3 Å². The lowest BCUT2D eigenvalue weighted by Gasteiger charge is -2.24. The summed E-state index contributed by atoms with van der Waals surface area (Å²) in [5.41, 5.74) is 2.16. The zero-order chi connectivity index (χ0) is 17.1. The third-order valence-electron chi connectivity index (χ3n) is 4.62. The Balaban J connectivity index is 1.64. The first-order valence-corrected chi connectivity index (χ1v) is 9.66. The molecule has 24 heavy (non-hydrogen) atoms. The molecule has 2 amide bonds. The van der Waals surface area contributed by atoms with Gasteiger partial charge in [-0.2, -0.15) is 0 Å². The third-order valence-corrected chi connectivity index (χ3v) is 5.63. The molecule has 5 nitrogen and oxygen atoms in total. The van der Waals surface area contributed by atoms with Gasteiger partial charge in [0.1, 0.15) is 11.8 Å². The van der Waals surface area contributed by atoms with E-state index >= 15 is 0 Å². The molecule has 130 valence electrons. The molecule has 0 radical (unpaired) electrons. The molecule has 0 aliphatic carbocycles. The van der Waals surface area contributed by atoms with Crippen LogP contribution in [0.4, 0.5) is 0 Å². The molecule has 2 atom stereocenters. The van der Waals surface area contributed by atoms with Crippen molar-refractivity contribution in [2.75, 3.05) is 18.2 Å². The van der Waals surface area contributed by atoms with Gasteiger partial charge in [0, 0.05) is 18.2 Å². The Kier molecular flexibility index (Phi) is 5.33. The van der Waals surface area contributed by atoms with E-state index in [0.29, 0.717) is 24.7 Å². The maximum absolute atomic E-state index is 12.7. The molecule has 6 heteroatoms. The number of carbonyl (C=O) groups is 2. The van der Waals surface area contributed by atoms with Crippen molar-refractivity contribution in [2.45, 2.75) is 45.2 Å². The predicted octanol–water partition coefficient (Wildman–Crippen LogP) is 1.98. The van der Waals surface area contributed by atoms with Gasteiger partial charge >= 0.3 is 0 Å². The van der Waals surface area contributed by atoms with Gasteiger partial charge in [-0.3, -0.25) is 9.59 Å². The van der Waals surface area contributed by atoms with E-state index in [9.17, 15) is 9.59 Å². The Hall–Kier alpha value is -1.69. The minimum atomic E-state index is -0.353. The first kappa shape index (κ1) is 17.1. The van der Waals surface area contributed by atoms with Gasteiger partial charge in [-0.25, -0.2) is 0 Å². The molecule has 0 unspecified atom stereocenters. The fourth-order valence-corrected chi connectivity index (χ4v) is 4.15. The number of nitrogens with one attached hydrogen (secondary N) is 1. The molecule has 3 rings (SSSR count). The highest BCUT2D eigenvalue weighted by Crippen LogP contribution is 2.27. The van der Waals surface area contributed by atoms with E-state index in [0.717, 1.165) is 24.2 Å². The van der Waals surface area contributed by atoms with Crippen LogP contribution < -0.4 is 10.1 Å². The lowest BCUT2D eigenvalue weighted by molar-refractivity contribution is -0.137. The minimum absolute atomic E-state index is 0.0168. The molecule has 1 aromatic rings. The lowest BCUT2D eigenvalue weighted by Crippen LogP contribution is -2.49. The molecule has 1 fully saturated rings. The molecular formula is C18H24N2O3S. The number of hydrogen-bond donors (Lipinski definition) is 1. The van der Waals surface area contributed by atoms with Crippen LogP contribution in [0.3, 0.4) is 0 Å². The molecule has 1 aromatic carbocycles. The Morgan fingerprint density at radius 1 is 1.46 bits per heavy atom. The van der Waals surface area contributed by atoms with E-state index in [1.807, 2.05) is 26.0 Å². The molecule has 0 spiro atoms. The number of nitrogens with zero attached hydrogens (tertiary/aromatic N) is 1. The van der Waals surface area contributed by atoms with E-state index in [-0.39, 0.29) is 23.9 Å². The second-order valence-corrected chi connectivity index (χ2v) is 7.41. The highest BCUT2D eigenvalue weighted by molar-refractivity contribution is 7.99. The van der Waals surface area contributed by atoms with Crippen LogP contribution in [0.1, 0.15) is 31.4 Å². The van der Waals surface area contributed by atoms with Crippen molar-refractivity contribution in [3.8, 4) is 5.75 Å². The predicted molar refractivity (Wildman–Crippen MR) is 95.2 cm³/mol. The standard InChI is InChI=1S/C18H24N2O3S/c1-3-12(2)19-18(22)15-10-24-11-20(15)17(21)9-13-4-5-16-14(8-13)6-7-23-16/h4-5,8,12,15H,3,6-7,9-11H2,1-2H3,(H,19,22)/t12-,15-/m1/s1. The van der Waals surface area contributed by atoms with E-state index in [1.165, 1.54) is 5.56 Å². The summed E-state index contributed by atoms with van der Waals surface area (Å²) in [5.74, 6) is 2.17. The highest BCUT2D eigenvalue weighted by Gasteiger charge is 2.34. The topological polar surface area (TPSA) is 58.6 Å². The average molecular weight is 348 g/mol. The van der Waals surface area contributed by atoms with E-state index < -0.39 is 0 Å². The first-order valence-electron chi connectivity index (χ1n) is 8.50. The van der Waals surface area contributed by atoms with Crippen LogP contribution in [0.15, 0.2) is 18.2 Å². The average Bonchev–Trinajstić information content (AvgIpc) is 3.23. The fraction of sp³-hybridized carbons (Fsp3) is 0.556. The van der Waals surface area contributed by atoms with Crippen molar-refractivity contribution >= 4 is 23.6 Å². The number of hydrogen-bond acceptors (Lipinski definition) is 4. The number of ether oxygens (including phenoxy) is 1. The molecule has 1 N–H and O–H groups in total. The van der Waals surface area contributed by atoms with Gasteiger partial charge < -0.3 is 15.0 Å². The van der Waals surface area contributed by atoms with Crippen molar-refractivity contribution in [2.24, 2.45) is 0 Å². The summed E-state index contributed by atoms with van der Waals surface area (Å²) in [5, 5.41) is 2.99. The van der Waals surface area contributed by atoms with Crippen molar-refractivity contribution < 1.29 is 14.3 Å². The van der Waals surface area contributed by atoms with Crippen LogP contribution in [0.25, 0.3) is 0 Å². The van der Waals surface area contributed by atoms with Gasteiger partial charge in [-0.15, -0.1) is 11.8 Å². The molecule has 0 aromatic heterocycles. The van der Waals surface area contributed by atoms with Gasteiger partial charge in [-0.1, -0.05) is 19.1 Å². The maximum Gasteiger partial charge on any atom is 0.243 e. The van der Waals surface area contributed by atoms with Crippen LogP contribution in [0.5, 0.6) is 5.75 Å². The number of benzene rings is 1. The smallest absolute Gasteiger partial charge is 0.243 e. The molecule has 2 aliphatic heterocycles. The van der Waals surface area contributed by atoms with E-state index in [1.54, 1.807) is 16.7 Å². The number of fused-ring (bicyclic) bond motifs is 1. The number of rotatable bonds is 5. The normalized spacial score (nSPS) is 20.4. The Morgan fingerprint density at radius 2 is 2.29 bits per heavy atom. The first-order chi connectivity index (χ1) is 11.6. The third kappa shape index (κ3) is 3.69. The summed E-state index contributed by atoms with van der Waals surface area (Å²) in [4.78, 5) is 26.8. The van der Waals surface area contributed by atoms with Crippen LogP contribution in [0.2, 0.25) is 0 Å². The Labute approximate surface area is 147 Å². The summed E-state index contributed by atoms with van der Waals surface area (Å²) in [6.07, 6.45) is 2.12. The summed E-state index contributed by atoms with van der Waals surface area (Å²) >= 11 is 1.64. The lowest BCUT2D eigenvalue weighted by atomic mass is 10.1. The number of carbonyl (C=O) groups excluding carboxylic acids is 2. The van der Waals surface area contributed by atoms with Crippen LogP contribution in [0, 0.1) is 0 Å². The van der Waals surface area contributed by atoms with Crippen LogP contribution in [-0.4, -0.2) is 47.0 Å². The summed E-state index contributed by atoms with van der Waals surface area (Å²) in [6, 6.07) is 5.72. The Morgan fingerprint density at radius 3 is 3.08 bits per heavy atom. The van der Waals surface area contributed by atoms with Crippen LogP contribution in [-0.2, 0) is 22.4 Å². The van der Waals surface area contributed by atoms with Gasteiger partial charge in [0.05, 0.1) is 18.9 Å². The fourth-order valence-electron chi connectivity index (χ4n) is 2.97. The summed E-state index contributed by atoms with van der Waals surface area (Å²) in [6.45, 7) is 4.74. The minimum Gasteiger partial charge on any atom is -0.493 e. The van der Waals surface area contributed by atoms with Crippen LogP contribution >= 0.6 is 11.8 Å². The van der Waals surface area contributed by atoms with Gasteiger partial charge in [0.25, 0.3) is 0 Å². The van der Waals surface area contributed by atoms with Gasteiger partial charge in [0.15, 0.2) is 0 Å². The monoisotopic (exact) mass is 348 g/mol. The SMILES string of the molecule is CC[C@@H](C)NC(=O)[C@H]1CSCN1C(=O)Cc1ccc2c(c1)CCO2. The van der Waals surface area contributed by atoms with Gasteiger partial charge in [0.2, 0.25) is 11.8 Å². The molecule has 0 saturated carbocycles. The molecular weight excluding hydrogens is 324 g/mol. The van der Waals surface area contributed by atoms with Crippen molar-refractivity contribution in [1.82, 2.24) is 10.2 Å². The molecule has 2 heterocycles. The number of amides is 2. The van der Waals surface area contributed by atoms with E-state index in [4.69, 9.17) is 4.74 Å². The van der Waals surface area contributed by atoms with Gasteiger partial charge in [-0.05, 0) is 30.5 Å². The largest absolute Gasteiger partial charge is 0.493 e. The summed E-state index contributed by atoms with van der Waals surface area (Å²) in [7, 11) is 0. The molecule has 2 aliphatic rings. The molecule has 1 saturated heterocycles. The number of thioether (sulfide) groups is 1. The van der Waals surface area contributed by atoms with E-state index in [2.05, 4.69) is 11.4 Å².